The average molecular weight is 340 g/mol. The van der Waals surface area contributed by atoms with E-state index >= 15 is 0 Å². The SMILES string of the molecule is O=C(C1CCN(Cc2cc(=O)n3ccccc3n2)CC1)N1CCCC1. The van der Waals surface area contributed by atoms with Crippen molar-refractivity contribution in [2.45, 2.75) is 32.2 Å². The van der Waals surface area contributed by atoms with Crippen LogP contribution < -0.4 is 5.56 Å². The predicted octanol–water partition coefficient (Wildman–Crippen LogP) is 1.53. The number of fused-ring (bicyclic) bond motifs is 1. The van der Waals surface area contributed by atoms with Crippen LogP contribution in [-0.2, 0) is 11.3 Å². The van der Waals surface area contributed by atoms with Gasteiger partial charge in [0.15, 0.2) is 0 Å². The van der Waals surface area contributed by atoms with E-state index in [1.165, 1.54) is 0 Å². The van der Waals surface area contributed by atoms with Crippen molar-refractivity contribution in [1.82, 2.24) is 19.2 Å². The fraction of sp³-hybridized carbons (Fsp3) is 0.526. The fourth-order valence-corrected chi connectivity index (χ4v) is 3.95. The molecule has 0 atom stereocenters. The van der Waals surface area contributed by atoms with Gasteiger partial charge >= 0.3 is 0 Å². The van der Waals surface area contributed by atoms with E-state index < -0.39 is 0 Å². The highest BCUT2D eigenvalue weighted by molar-refractivity contribution is 5.79. The maximum absolute atomic E-state index is 12.5. The number of amides is 1. The van der Waals surface area contributed by atoms with Crippen molar-refractivity contribution in [3.8, 4) is 0 Å². The molecular formula is C19H24N4O2. The van der Waals surface area contributed by atoms with Crippen LogP contribution in [-0.4, -0.2) is 51.3 Å². The first kappa shape index (κ1) is 16.3. The zero-order chi connectivity index (χ0) is 17.2. The van der Waals surface area contributed by atoms with Gasteiger partial charge in [-0.15, -0.1) is 0 Å². The molecule has 2 aliphatic rings. The molecule has 0 saturated carbocycles. The Balaban J connectivity index is 1.38. The molecule has 0 bridgehead atoms. The van der Waals surface area contributed by atoms with Crippen LogP contribution in [0.4, 0.5) is 0 Å². The Morgan fingerprint density at radius 1 is 1.12 bits per heavy atom. The van der Waals surface area contributed by atoms with E-state index in [9.17, 15) is 9.59 Å². The van der Waals surface area contributed by atoms with Gasteiger partial charge in [0, 0.05) is 37.8 Å². The molecule has 1 amide bonds. The lowest BCUT2D eigenvalue weighted by molar-refractivity contribution is -0.136. The van der Waals surface area contributed by atoms with Crippen molar-refractivity contribution in [2.75, 3.05) is 26.2 Å². The molecular weight excluding hydrogens is 316 g/mol. The molecule has 0 N–H and O–H groups in total. The number of aromatic nitrogens is 2. The van der Waals surface area contributed by atoms with Crippen molar-refractivity contribution < 1.29 is 4.79 Å². The van der Waals surface area contributed by atoms with E-state index in [2.05, 4.69) is 9.88 Å². The predicted molar refractivity (Wildman–Crippen MR) is 95.3 cm³/mol. The third-order valence-electron chi connectivity index (χ3n) is 5.36. The summed E-state index contributed by atoms with van der Waals surface area (Å²) >= 11 is 0. The first-order valence-electron chi connectivity index (χ1n) is 9.19. The molecule has 0 aliphatic carbocycles. The Morgan fingerprint density at radius 3 is 2.64 bits per heavy atom. The Kier molecular flexibility index (Phi) is 4.53. The van der Waals surface area contributed by atoms with Gasteiger partial charge in [0.1, 0.15) is 5.65 Å². The van der Waals surface area contributed by atoms with Crippen LogP contribution in [0.5, 0.6) is 0 Å². The first-order chi connectivity index (χ1) is 12.2. The van der Waals surface area contributed by atoms with E-state index in [-0.39, 0.29) is 11.5 Å². The molecule has 4 rings (SSSR count). The van der Waals surface area contributed by atoms with Gasteiger partial charge in [-0.3, -0.25) is 18.9 Å². The van der Waals surface area contributed by atoms with Crippen LogP contribution in [0.15, 0.2) is 35.3 Å². The van der Waals surface area contributed by atoms with E-state index in [0.29, 0.717) is 18.1 Å². The summed E-state index contributed by atoms with van der Waals surface area (Å²) in [7, 11) is 0. The van der Waals surface area contributed by atoms with Gasteiger partial charge in [-0.1, -0.05) is 6.07 Å². The summed E-state index contributed by atoms with van der Waals surface area (Å²) in [6.07, 6.45) is 5.84. The highest BCUT2D eigenvalue weighted by Crippen LogP contribution is 2.22. The molecule has 132 valence electrons. The lowest BCUT2D eigenvalue weighted by atomic mass is 9.95. The van der Waals surface area contributed by atoms with Gasteiger partial charge < -0.3 is 4.90 Å². The van der Waals surface area contributed by atoms with Crippen LogP contribution in [0.25, 0.3) is 5.65 Å². The maximum atomic E-state index is 12.5. The summed E-state index contributed by atoms with van der Waals surface area (Å²) in [5, 5.41) is 0. The Bertz CT molecular complexity index is 818. The molecule has 2 aromatic heterocycles. The van der Waals surface area contributed by atoms with Crippen LogP contribution in [0.3, 0.4) is 0 Å². The van der Waals surface area contributed by atoms with Crippen LogP contribution >= 0.6 is 0 Å². The number of piperidine rings is 1. The largest absolute Gasteiger partial charge is 0.342 e. The summed E-state index contributed by atoms with van der Waals surface area (Å²) in [6.45, 7) is 4.32. The topological polar surface area (TPSA) is 57.9 Å². The summed E-state index contributed by atoms with van der Waals surface area (Å²) in [4.78, 5) is 33.6. The van der Waals surface area contributed by atoms with Crippen LogP contribution in [0.2, 0.25) is 0 Å². The van der Waals surface area contributed by atoms with Gasteiger partial charge in [-0.05, 0) is 50.9 Å². The molecule has 2 aliphatic heterocycles. The molecule has 6 heteroatoms. The van der Waals surface area contributed by atoms with E-state index in [0.717, 1.165) is 57.6 Å². The third kappa shape index (κ3) is 3.44. The molecule has 2 fully saturated rings. The summed E-state index contributed by atoms with van der Waals surface area (Å²) in [5.41, 5.74) is 1.45. The highest BCUT2D eigenvalue weighted by Gasteiger charge is 2.29. The lowest BCUT2D eigenvalue weighted by Crippen LogP contribution is -2.41. The second-order valence-corrected chi connectivity index (χ2v) is 7.10. The number of hydrogen-bond donors (Lipinski definition) is 0. The Labute approximate surface area is 147 Å². The van der Waals surface area contributed by atoms with Crippen molar-refractivity contribution in [2.24, 2.45) is 5.92 Å². The Hall–Kier alpha value is -2.21. The molecule has 0 aromatic carbocycles. The standard InChI is InChI=1S/C19H24N4O2/c24-18-13-16(20-17-5-1-2-10-23(17)18)14-21-11-6-15(7-12-21)19(25)22-8-3-4-9-22/h1-2,5,10,13,15H,3-4,6-9,11-12,14H2. The molecule has 4 heterocycles. The quantitative estimate of drug-likeness (QED) is 0.850. The second kappa shape index (κ2) is 6.96. The maximum Gasteiger partial charge on any atom is 0.258 e. The number of rotatable bonds is 3. The van der Waals surface area contributed by atoms with E-state index in [1.807, 2.05) is 23.1 Å². The molecule has 2 aromatic rings. The number of nitrogens with zero attached hydrogens (tertiary/aromatic N) is 4. The summed E-state index contributed by atoms with van der Waals surface area (Å²) in [5.74, 6) is 0.517. The summed E-state index contributed by atoms with van der Waals surface area (Å²) in [6, 6.07) is 7.19. The fourth-order valence-electron chi connectivity index (χ4n) is 3.95. The van der Waals surface area contributed by atoms with Gasteiger partial charge in [0.05, 0.1) is 5.69 Å². The number of likely N-dealkylation sites (tertiary alicyclic amines) is 2. The number of carbonyl (C=O) groups is 1. The first-order valence-corrected chi connectivity index (χ1v) is 9.19. The van der Waals surface area contributed by atoms with E-state index in [4.69, 9.17) is 0 Å². The Morgan fingerprint density at radius 2 is 1.88 bits per heavy atom. The van der Waals surface area contributed by atoms with Crippen molar-refractivity contribution in [1.29, 1.82) is 0 Å². The molecule has 0 radical (unpaired) electrons. The van der Waals surface area contributed by atoms with Gasteiger partial charge in [0.25, 0.3) is 5.56 Å². The normalized spacial score (nSPS) is 19.6. The minimum Gasteiger partial charge on any atom is -0.342 e. The molecule has 0 unspecified atom stereocenters. The van der Waals surface area contributed by atoms with Crippen molar-refractivity contribution in [3.63, 3.8) is 0 Å². The zero-order valence-corrected chi connectivity index (χ0v) is 14.4. The van der Waals surface area contributed by atoms with Crippen LogP contribution in [0.1, 0.15) is 31.4 Å². The minimum absolute atomic E-state index is 0.0419. The zero-order valence-electron chi connectivity index (χ0n) is 14.4. The second-order valence-electron chi connectivity index (χ2n) is 7.10. The monoisotopic (exact) mass is 340 g/mol. The van der Waals surface area contributed by atoms with Crippen molar-refractivity contribution >= 4 is 11.6 Å². The van der Waals surface area contributed by atoms with Gasteiger partial charge in [-0.25, -0.2) is 4.98 Å². The van der Waals surface area contributed by atoms with Crippen molar-refractivity contribution in [3.05, 3.63) is 46.5 Å². The minimum atomic E-state index is -0.0419. The average Bonchev–Trinajstić information content (AvgIpc) is 3.16. The van der Waals surface area contributed by atoms with Gasteiger partial charge in [0.2, 0.25) is 5.91 Å². The number of carbonyl (C=O) groups excluding carboxylic acids is 1. The smallest absolute Gasteiger partial charge is 0.258 e. The molecule has 6 nitrogen and oxygen atoms in total. The van der Waals surface area contributed by atoms with Gasteiger partial charge in [-0.2, -0.15) is 0 Å². The number of pyridine rings is 1. The molecule has 0 spiro atoms. The van der Waals surface area contributed by atoms with E-state index in [1.54, 1.807) is 16.7 Å². The summed E-state index contributed by atoms with van der Waals surface area (Å²) < 4.78 is 1.56. The number of hydrogen-bond acceptors (Lipinski definition) is 4. The van der Waals surface area contributed by atoms with Crippen LogP contribution in [0, 0.1) is 5.92 Å². The highest BCUT2D eigenvalue weighted by atomic mass is 16.2. The lowest BCUT2D eigenvalue weighted by Gasteiger charge is -2.32. The third-order valence-corrected chi connectivity index (χ3v) is 5.36. The molecule has 2 saturated heterocycles. The molecule has 25 heavy (non-hydrogen) atoms.